The minimum absolute atomic E-state index is 0. The van der Waals surface area contributed by atoms with Crippen LogP contribution >= 0.6 is 0 Å². The molecule has 0 heterocycles. The molecular formula is C4H12FeN2O6S2. The van der Waals surface area contributed by atoms with Crippen molar-refractivity contribution >= 4 is 20.6 Å². The molecule has 0 fully saturated rings. The molecule has 0 unspecified atom stereocenters. The Labute approximate surface area is 100 Å². The minimum Gasteiger partial charge on any atom is -0.735 e. The Morgan fingerprint density at radius 3 is 0.800 bits per heavy atom. The van der Waals surface area contributed by atoms with Crippen molar-refractivity contribution in [1.29, 1.82) is 0 Å². The molecule has 0 spiro atoms. The average Bonchev–Trinajstić information content (AvgIpc) is 1.83. The predicted molar refractivity (Wildman–Crippen MR) is 46.8 cm³/mol. The van der Waals surface area contributed by atoms with Gasteiger partial charge in [-0.3, -0.25) is 0 Å². The van der Waals surface area contributed by atoms with Gasteiger partial charge in [-0.15, -0.1) is 0 Å². The molecule has 94 valence electrons. The van der Waals surface area contributed by atoms with Crippen molar-refractivity contribution in [1.82, 2.24) is 8.61 Å². The van der Waals surface area contributed by atoms with Gasteiger partial charge in [0.1, 0.15) is 0 Å². The first-order chi connectivity index (χ1) is 5.89. The fraction of sp³-hybridized carbons (Fsp3) is 1.00. The van der Waals surface area contributed by atoms with E-state index >= 15 is 0 Å². The van der Waals surface area contributed by atoms with E-state index < -0.39 is 20.6 Å². The van der Waals surface area contributed by atoms with Crippen LogP contribution in [0.15, 0.2) is 0 Å². The maximum Gasteiger partial charge on any atom is 2.00 e. The maximum atomic E-state index is 9.70. The van der Waals surface area contributed by atoms with Crippen molar-refractivity contribution in [3.05, 3.63) is 0 Å². The summed E-state index contributed by atoms with van der Waals surface area (Å²) in [7, 11) is -3.58. The van der Waals surface area contributed by atoms with Gasteiger partial charge >= 0.3 is 17.1 Å². The number of hydrogen-bond acceptors (Lipinski definition) is 6. The third-order valence-electron chi connectivity index (χ3n) is 0.894. The van der Waals surface area contributed by atoms with Crippen LogP contribution in [0.1, 0.15) is 0 Å². The Morgan fingerprint density at radius 2 is 0.800 bits per heavy atom. The Kier molecular flexibility index (Phi) is 10.3. The van der Waals surface area contributed by atoms with E-state index in [0.717, 1.165) is 0 Å². The summed E-state index contributed by atoms with van der Waals surface area (Å²) >= 11 is 0. The van der Waals surface area contributed by atoms with Gasteiger partial charge in [0.05, 0.1) is 0 Å². The second-order valence-corrected chi connectivity index (χ2v) is 5.65. The first-order valence-corrected chi connectivity index (χ1v) is 5.88. The van der Waals surface area contributed by atoms with E-state index in [-0.39, 0.29) is 17.1 Å². The van der Waals surface area contributed by atoms with Crippen molar-refractivity contribution in [2.45, 2.75) is 0 Å². The van der Waals surface area contributed by atoms with Crippen molar-refractivity contribution in [3.63, 3.8) is 0 Å². The van der Waals surface area contributed by atoms with E-state index in [4.69, 9.17) is 0 Å². The summed E-state index contributed by atoms with van der Waals surface area (Å²) in [6.45, 7) is 0. The zero-order valence-electron chi connectivity index (χ0n) is 8.51. The molecule has 8 nitrogen and oxygen atoms in total. The first kappa shape index (κ1) is 20.6. The van der Waals surface area contributed by atoms with Crippen LogP contribution in [0.2, 0.25) is 0 Å². The topological polar surface area (TPSA) is 121 Å². The quantitative estimate of drug-likeness (QED) is 0.430. The van der Waals surface area contributed by atoms with Gasteiger partial charge in [0, 0.05) is 28.2 Å². The van der Waals surface area contributed by atoms with Crippen LogP contribution in [-0.4, -0.2) is 62.7 Å². The Bertz CT molecular complexity index is 311. The van der Waals surface area contributed by atoms with Gasteiger partial charge in [0.2, 0.25) is 0 Å². The molecule has 15 heavy (non-hydrogen) atoms. The predicted octanol–water partition coefficient (Wildman–Crippen LogP) is -1.99. The number of rotatable bonds is 2. The molecule has 0 aliphatic carbocycles. The van der Waals surface area contributed by atoms with Crippen molar-refractivity contribution in [2.24, 2.45) is 0 Å². The molecule has 11 heteroatoms. The van der Waals surface area contributed by atoms with Crippen molar-refractivity contribution in [2.75, 3.05) is 28.2 Å². The van der Waals surface area contributed by atoms with E-state index in [0.29, 0.717) is 8.61 Å². The van der Waals surface area contributed by atoms with Crippen LogP contribution < -0.4 is 0 Å². The van der Waals surface area contributed by atoms with Gasteiger partial charge in [-0.05, 0) is 0 Å². The van der Waals surface area contributed by atoms with E-state index in [1.54, 1.807) is 0 Å². The van der Waals surface area contributed by atoms with Crippen LogP contribution in [0.5, 0.6) is 0 Å². The summed E-state index contributed by atoms with van der Waals surface area (Å²) in [5.41, 5.74) is 0. The molecule has 0 saturated carbocycles. The third kappa shape index (κ3) is 14.3. The first-order valence-electron chi connectivity index (χ1n) is 3.15. The normalized spacial score (nSPS) is 11.7. The molecule has 0 radical (unpaired) electrons. The summed E-state index contributed by atoms with van der Waals surface area (Å²) < 4.78 is 59.4. The fourth-order valence-corrected chi connectivity index (χ4v) is 0. The molecule has 0 aromatic heterocycles. The van der Waals surface area contributed by atoms with Gasteiger partial charge < -0.3 is 9.11 Å². The van der Waals surface area contributed by atoms with Crippen LogP contribution in [0.3, 0.4) is 0 Å². The minimum atomic E-state index is -4.16. The average molecular weight is 304 g/mol. The molecule has 0 N–H and O–H groups in total. The molecule has 0 rings (SSSR count). The zero-order valence-corrected chi connectivity index (χ0v) is 11.3. The fourth-order valence-electron chi connectivity index (χ4n) is 0. The second kappa shape index (κ2) is 7.52. The molecule has 0 bridgehead atoms. The summed E-state index contributed by atoms with van der Waals surface area (Å²) in [4.78, 5) is 0. The van der Waals surface area contributed by atoms with E-state index in [2.05, 4.69) is 0 Å². The van der Waals surface area contributed by atoms with Crippen LogP contribution in [0, 0.1) is 0 Å². The summed E-state index contributed by atoms with van der Waals surface area (Å²) in [6.07, 6.45) is 0. The van der Waals surface area contributed by atoms with Crippen molar-refractivity contribution in [3.8, 4) is 0 Å². The maximum absolute atomic E-state index is 9.70. The summed E-state index contributed by atoms with van der Waals surface area (Å²) in [5, 5.41) is 0. The van der Waals surface area contributed by atoms with E-state index in [9.17, 15) is 25.9 Å². The molecule has 0 saturated heterocycles. The number of hydrogen-bond donors (Lipinski definition) is 0. The molecular weight excluding hydrogens is 292 g/mol. The van der Waals surface area contributed by atoms with Crippen LogP contribution in [0.4, 0.5) is 0 Å². The molecule has 0 aromatic carbocycles. The zero-order chi connectivity index (χ0) is 12.2. The van der Waals surface area contributed by atoms with E-state index in [1.807, 2.05) is 0 Å². The summed E-state index contributed by atoms with van der Waals surface area (Å²) in [6, 6.07) is 0. The van der Waals surface area contributed by atoms with Gasteiger partial charge in [-0.1, -0.05) is 0 Å². The SMILES string of the molecule is CN(C)S(=O)(=O)[O-].CN(C)S(=O)(=O)[O-].[Fe+2]. The molecule has 0 aliphatic rings. The van der Waals surface area contributed by atoms with Gasteiger partial charge in [-0.2, -0.15) is 0 Å². The second-order valence-electron chi connectivity index (χ2n) is 2.48. The molecule has 0 atom stereocenters. The van der Waals surface area contributed by atoms with Crippen LogP contribution in [-0.2, 0) is 37.7 Å². The van der Waals surface area contributed by atoms with E-state index in [1.165, 1.54) is 28.2 Å². The van der Waals surface area contributed by atoms with Gasteiger partial charge in [0.25, 0.3) is 0 Å². The Hall–Kier alpha value is 0.259. The molecule has 0 aromatic rings. The van der Waals surface area contributed by atoms with Gasteiger partial charge in [0.15, 0.2) is 20.6 Å². The summed E-state index contributed by atoms with van der Waals surface area (Å²) in [5.74, 6) is 0. The van der Waals surface area contributed by atoms with Gasteiger partial charge in [-0.25, -0.2) is 25.4 Å². The monoisotopic (exact) mass is 304 g/mol. The number of nitrogens with zero attached hydrogens (tertiary/aromatic N) is 2. The standard InChI is InChI=1S/2C2H7NO3S.Fe/c2*1-3(2)7(4,5)6;/h2*1-2H3,(H,4,5,6);/q;;+2/p-2. The Balaban J connectivity index is -0.000000180. The Morgan fingerprint density at radius 1 is 0.733 bits per heavy atom. The van der Waals surface area contributed by atoms with Crippen molar-refractivity contribution < 1.29 is 43.0 Å². The smallest absolute Gasteiger partial charge is 0.735 e. The third-order valence-corrected chi connectivity index (χ3v) is 2.68. The molecule has 0 aliphatic heterocycles. The van der Waals surface area contributed by atoms with Crippen LogP contribution in [0.25, 0.3) is 0 Å². The molecule has 0 amide bonds. The largest absolute Gasteiger partial charge is 2.00 e.